The molecule has 1 aromatic carbocycles. The highest BCUT2D eigenvalue weighted by atomic mass is 16.5. The maximum atomic E-state index is 9.76. The van der Waals surface area contributed by atoms with E-state index in [-0.39, 0.29) is 6.61 Å². The third-order valence-electron chi connectivity index (χ3n) is 2.64. The molecule has 1 aromatic heterocycles. The molecule has 2 aromatic rings. The molecule has 0 aliphatic heterocycles. The summed E-state index contributed by atoms with van der Waals surface area (Å²) in [4.78, 5) is 0. The second-order valence-corrected chi connectivity index (χ2v) is 4.62. The maximum absolute atomic E-state index is 9.76. The molecule has 98 valence electrons. The van der Waals surface area contributed by atoms with Crippen molar-refractivity contribution in [2.45, 2.75) is 26.0 Å². The molecule has 4 nitrogen and oxygen atoms in total. The van der Waals surface area contributed by atoms with Gasteiger partial charge in [0.05, 0.1) is 6.26 Å². The average molecular weight is 249 g/mol. The monoisotopic (exact) mass is 249 g/mol. The Bertz CT molecular complexity index is 492. The minimum Gasteiger partial charge on any atom is -0.487 e. The van der Waals surface area contributed by atoms with Crippen molar-refractivity contribution in [2.24, 2.45) is 0 Å². The summed E-state index contributed by atoms with van der Waals surface area (Å²) in [5, 5.41) is 13.9. The molecule has 2 N–H and O–H groups in total. The largest absolute Gasteiger partial charge is 0.487 e. The van der Waals surface area contributed by atoms with E-state index in [1.54, 1.807) is 6.26 Å². The molecule has 0 saturated heterocycles. The first-order valence-electron chi connectivity index (χ1n) is 6.17. The molecule has 2 rings (SSSR count). The lowest BCUT2D eigenvalue weighted by atomic mass is 10.2. The summed E-state index contributed by atoms with van der Waals surface area (Å²) in [5.74, 6) is 0.668. The SMILES string of the molecule is CC(C)NC[C@@H](O)COc1cccc2ccoc12. The summed E-state index contributed by atoms with van der Waals surface area (Å²) in [6, 6.07) is 7.95. The van der Waals surface area contributed by atoms with Crippen molar-refractivity contribution in [3.63, 3.8) is 0 Å². The van der Waals surface area contributed by atoms with Crippen molar-refractivity contribution in [3.05, 3.63) is 30.5 Å². The maximum Gasteiger partial charge on any atom is 0.175 e. The van der Waals surface area contributed by atoms with E-state index in [4.69, 9.17) is 9.15 Å². The zero-order chi connectivity index (χ0) is 13.0. The first-order valence-corrected chi connectivity index (χ1v) is 6.17. The van der Waals surface area contributed by atoms with Crippen LogP contribution in [0, 0.1) is 0 Å². The molecule has 0 radical (unpaired) electrons. The van der Waals surface area contributed by atoms with Crippen LogP contribution in [0.15, 0.2) is 34.9 Å². The zero-order valence-electron chi connectivity index (χ0n) is 10.7. The third kappa shape index (κ3) is 3.24. The van der Waals surface area contributed by atoms with Gasteiger partial charge in [0, 0.05) is 18.0 Å². The number of hydrogen-bond donors (Lipinski definition) is 2. The minimum atomic E-state index is -0.530. The number of para-hydroxylation sites is 1. The van der Waals surface area contributed by atoms with Crippen molar-refractivity contribution in [2.75, 3.05) is 13.2 Å². The lowest BCUT2D eigenvalue weighted by molar-refractivity contribution is 0.105. The van der Waals surface area contributed by atoms with Crippen LogP contribution in [-0.2, 0) is 0 Å². The Balaban J connectivity index is 1.91. The standard InChI is InChI=1S/C14H19NO3/c1-10(2)15-8-12(16)9-18-13-5-3-4-11-6-7-17-14(11)13/h3-7,10,12,15-16H,8-9H2,1-2H3/t12-/m1/s1. The Morgan fingerprint density at radius 3 is 2.94 bits per heavy atom. The van der Waals surface area contributed by atoms with E-state index < -0.39 is 6.10 Å². The Labute approximate surface area is 107 Å². The van der Waals surface area contributed by atoms with Gasteiger partial charge in [0.2, 0.25) is 0 Å². The molecule has 0 spiro atoms. The van der Waals surface area contributed by atoms with E-state index in [1.807, 2.05) is 38.1 Å². The van der Waals surface area contributed by atoms with Crippen molar-refractivity contribution in [1.82, 2.24) is 5.32 Å². The van der Waals surface area contributed by atoms with Gasteiger partial charge in [0.1, 0.15) is 12.7 Å². The van der Waals surface area contributed by atoms with Gasteiger partial charge in [-0.15, -0.1) is 0 Å². The first kappa shape index (κ1) is 12.9. The Morgan fingerprint density at radius 2 is 2.17 bits per heavy atom. The molecule has 0 fully saturated rings. The van der Waals surface area contributed by atoms with Crippen LogP contribution in [0.4, 0.5) is 0 Å². The van der Waals surface area contributed by atoms with E-state index in [9.17, 15) is 5.11 Å². The fourth-order valence-electron chi connectivity index (χ4n) is 1.70. The van der Waals surface area contributed by atoms with Crippen LogP contribution in [0.2, 0.25) is 0 Å². The Morgan fingerprint density at radius 1 is 1.33 bits per heavy atom. The van der Waals surface area contributed by atoms with Crippen molar-refractivity contribution in [3.8, 4) is 5.75 Å². The van der Waals surface area contributed by atoms with Crippen LogP contribution in [0.5, 0.6) is 5.75 Å². The highest BCUT2D eigenvalue weighted by molar-refractivity contribution is 5.82. The summed E-state index contributed by atoms with van der Waals surface area (Å²) < 4.78 is 10.9. The van der Waals surface area contributed by atoms with Crippen molar-refractivity contribution in [1.29, 1.82) is 0 Å². The lowest BCUT2D eigenvalue weighted by Crippen LogP contribution is -2.35. The van der Waals surface area contributed by atoms with Crippen LogP contribution < -0.4 is 10.1 Å². The van der Waals surface area contributed by atoms with E-state index in [0.717, 1.165) is 11.0 Å². The first-order chi connectivity index (χ1) is 8.66. The quantitative estimate of drug-likeness (QED) is 0.824. The van der Waals surface area contributed by atoms with Gasteiger partial charge in [-0.05, 0) is 12.1 Å². The molecule has 1 atom stereocenters. The molecule has 0 amide bonds. The third-order valence-corrected chi connectivity index (χ3v) is 2.64. The van der Waals surface area contributed by atoms with E-state index >= 15 is 0 Å². The van der Waals surface area contributed by atoms with Crippen LogP contribution in [0.3, 0.4) is 0 Å². The van der Waals surface area contributed by atoms with Crippen LogP contribution in [0.25, 0.3) is 11.0 Å². The molecule has 18 heavy (non-hydrogen) atoms. The van der Waals surface area contributed by atoms with Crippen LogP contribution in [-0.4, -0.2) is 30.4 Å². The summed E-state index contributed by atoms with van der Waals surface area (Å²) >= 11 is 0. The molecule has 0 saturated carbocycles. The van der Waals surface area contributed by atoms with Crippen molar-refractivity contribution < 1.29 is 14.3 Å². The van der Waals surface area contributed by atoms with Gasteiger partial charge in [0.25, 0.3) is 0 Å². The smallest absolute Gasteiger partial charge is 0.175 e. The van der Waals surface area contributed by atoms with Gasteiger partial charge in [-0.25, -0.2) is 0 Å². The van der Waals surface area contributed by atoms with Gasteiger partial charge < -0.3 is 19.6 Å². The van der Waals surface area contributed by atoms with Gasteiger partial charge in [-0.3, -0.25) is 0 Å². The van der Waals surface area contributed by atoms with Gasteiger partial charge in [0.15, 0.2) is 11.3 Å². The number of rotatable bonds is 6. The van der Waals surface area contributed by atoms with Gasteiger partial charge >= 0.3 is 0 Å². The number of aliphatic hydroxyl groups excluding tert-OH is 1. The second kappa shape index (κ2) is 5.89. The van der Waals surface area contributed by atoms with E-state index in [0.29, 0.717) is 18.3 Å². The highest BCUT2D eigenvalue weighted by Crippen LogP contribution is 2.26. The Hall–Kier alpha value is -1.52. The normalized spacial score (nSPS) is 13.1. The number of fused-ring (bicyclic) bond motifs is 1. The Kier molecular flexibility index (Phi) is 4.23. The number of furan rings is 1. The number of ether oxygens (including phenoxy) is 1. The zero-order valence-corrected chi connectivity index (χ0v) is 10.7. The highest BCUT2D eigenvalue weighted by Gasteiger charge is 2.09. The lowest BCUT2D eigenvalue weighted by Gasteiger charge is -2.15. The number of nitrogens with one attached hydrogen (secondary N) is 1. The van der Waals surface area contributed by atoms with Crippen molar-refractivity contribution >= 4 is 11.0 Å². The predicted molar refractivity (Wildman–Crippen MR) is 70.9 cm³/mol. The van der Waals surface area contributed by atoms with Gasteiger partial charge in [-0.2, -0.15) is 0 Å². The fraction of sp³-hybridized carbons (Fsp3) is 0.429. The van der Waals surface area contributed by atoms with Gasteiger partial charge in [-0.1, -0.05) is 26.0 Å². The summed E-state index contributed by atoms with van der Waals surface area (Å²) in [7, 11) is 0. The van der Waals surface area contributed by atoms with Crippen LogP contribution in [0.1, 0.15) is 13.8 Å². The van der Waals surface area contributed by atoms with E-state index in [2.05, 4.69) is 5.32 Å². The second-order valence-electron chi connectivity index (χ2n) is 4.62. The number of benzene rings is 1. The molecule has 0 aliphatic carbocycles. The minimum absolute atomic E-state index is 0.250. The van der Waals surface area contributed by atoms with E-state index in [1.165, 1.54) is 0 Å². The molecular formula is C14H19NO3. The number of aliphatic hydroxyl groups is 1. The number of hydrogen-bond acceptors (Lipinski definition) is 4. The topological polar surface area (TPSA) is 54.6 Å². The predicted octanol–water partition coefficient (Wildman–Crippen LogP) is 2.17. The average Bonchev–Trinajstić information content (AvgIpc) is 2.82. The molecule has 1 heterocycles. The molecule has 4 heteroatoms. The van der Waals surface area contributed by atoms with Crippen LogP contribution >= 0.6 is 0 Å². The molecule has 0 bridgehead atoms. The molecular weight excluding hydrogens is 230 g/mol. The summed E-state index contributed by atoms with van der Waals surface area (Å²) in [6.07, 6.45) is 1.10. The molecule has 0 unspecified atom stereocenters. The summed E-state index contributed by atoms with van der Waals surface area (Å²) in [6.45, 7) is 4.85. The molecule has 0 aliphatic rings. The fourth-order valence-corrected chi connectivity index (χ4v) is 1.70. The summed E-state index contributed by atoms with van der Waals surface area (Å²) in [5.41, 5.74) is 0.724.